The summed E-state index contributed by atoms with van der Waals surface area (Å²) in [6.07, 6.45) is 7.71. The molecule has 2 aliphatic heterocycles. The number of ether oxygens (including phenoxy) is 2. The molecular formula is C46H56N10O6. The number of methoxy groups -OCH3 is 2. The minimum Gasteiger partial charge on any atom is -0.453 e. The molecule has 5 aromatic rings. The Morgan fingerprint density at radius 3 is 1.68 bits per heavy atom. The van der Waals surface area contributed by atoms with Crippen molar-refractivity contribution in [2.45, 2.75) is 96.3 Å². The van der Waals surface area contributed by atoms with Gasteiger partial charge in [-0.05, 0) is 86.3 Å². The van der Waals surface area contributed by atoms with Gasteiger partial charge < -0.3 is 44.9 Å². The molecule has 0 radical (unpaired) electrons. The summed E-state index contributed by atoms with van der Waals surface area (Å²) in [4.78, 5) is 81.8. The van der Waals surface area contributed by atoms with Crippen molar-refractivity contribution in [2.24, 2.45) is 23.7 Å². The number of hydrogen-bond acceptors (Lipinski definition) is 9. The van der Waals surface area contributed by atoms with E-state index in [1.807, 2.05) is 56.8 Å². The zero-order chi connectivity index (χ0) is 43.7. The molecule has 5 heterocycles. The fourth-order valence-corrected chi connectivity index (χ4v) is 10.8. The van der Waals surface area contributed by atoms with Gasteiger partial charge in [0.05, 0.1) is 49.0 Å². The van der Waals surface area contributed by atoms with E-state index >= 15 is 0 Å². The molecule has 0 unspecified atom stereocenters. The second kappa shape index (κ2) is 15.6. The highest BCUT2D eigenvalue weighted by Gasteiger charge is 2.58. The van der Waals surface area contributed by atoms with Gasteiger partial charge >= 0.3 is 12.2 Å². The highest BCUT2D eigenvalue weighted by molar-refractivity contribution is 6.00. The quantitative estimate of drug-likeness (QED) is 0.0953. The van der Waals surface area contributed by atoms with E-state index in [1.165, 1.54) is 14.2 Å². The van der Waals surface area contributed by atoms with E-state index in [0.29, 0.717) is 24.9 Å². The molecule has 326 valence electrons. The van der Waals surface area contributed by atoms with Gasteiger partial charge in [-0.15, -0.1) is 0 Å². The summed E-state index contributed by atoms with van der Waals surface area (Å²) < 4.78 is 9.68. The van der Waals surface area contributed by atoms with E-state index < -0.39 is 35.3 Å². The summed E-state index contributed by atoms with van der Waals surface area (Å²) >= 11 is 0. The normalized spacial score (nSPS) is 23.7. The number of alkyl carbamates (subject to hydrolysis) is 2. The molecule has 0 spiro atoms. The number of aromatic nitrogens is 6. The molecule has 3 aromatic heterocycles. The van der Waals surface area contributed by atoms with Gasteiger partial charge in [-0.1, -0.05) is 58.0 Å². The van der Waals surface area contributed by atoms with Crippen molar-refractivity contribution >= 4 is 35.0 Å². The highest BCUT2D eigenvalue weighted by Crippen LogP contribution is 2.54. The largest absolute Gasteiger partial charge is 0.453 e. The van der Waals surface area contributed by atoms with Crippen LogP contribution in [0.3, 0.4) is 0 Å². The van der Waals surface area contributed by atoms with E-state index in [4.69, 9.17) is 24.4 Å². The molecule has 2 saturated heterocycles. The Morgan fingerprint density at radius 1 is 0.694 bits per heavy atom. The van der Waals surface area contributed by atoms with Crippen molar-refractivity contribution in [3.8, 4) is 33.6 Å². The summed E-state index contributed by atoms with van der Waals surface area (Å²) in [5.41, 5.74) is 6.12. The van der Waals surface area contributed by atoms with Gasteiger partial charge in [0.1, 0.15) is 40.6 Å². The van der Waals surface area contributed by atoms with Crippen molar-refractivity contribution in [1.29, 1.82) is 0 Å². The minimum atomic E-state index is -0.713. The lowest BCUT2D eigenvalue weighted by Crippen LogP contribution is -2.56. The number of H-pyrrole nitrogens is 3. The van der Waals surface area contributed by atoms with Crippen LogP contribution in [0.2, 0.25) is 0 Å². The number of aryl methyl sites for hydroxylation is 1. The van der Waals surface area contributed by atoms with Gasteiger partial charge in [0.15, 0.2) is 0 Å². The molecule has 2 saturated carbocycles. The number of nitrogens with zero attached hydrogens (tertiary/aromatic N) is 5. The van der Waals surface area contributed by atoms with Crippen molar-refractivity contribution < 1.29 is 28.7 Å². The summed E-state index contributed by atoms with van der Waals surface area (Å²) in [5, 5.41) is 5.52. The predicted molar refractivity (Wildman–Crippen MR) is 231 cm³/mol. The number of piperidine rings is 2. The fourth-order valence-electron chi connectivity index (χ4n) is 10.8. The van der Waals surface area contributed by atoms with Crippen LogP contribution in [0.5, 0.6) is 0 Å². The Bertz CT molecular complexity index is 2540. The maximum absolute atomic E-state index is 14.1. The summed E-state index contributed by atoms with van der Waals surface area (Å²) in [6, 6.07) is 11.1. The molecule has 16 heteroatoms. The number of nitrogens with one attached hydrogen (secondary N) is 5. The van der Waals surface area contributed by atoms with Crippen molar-refractivity contribution in [3.63, 3.8) is 0 Å². The van der Waals surface area contributed by atoms with Crippen LogP contribution in [0.15, 0.2) is 48.8 Å². The molecule has 2 aliphatic carbocycles. The van der Waals surface area contributed by atoms with Gasteiger partial charge in [0, 0.05) is 24.2 Å². The maximum Gasteiger partial charge on any atom is 0.407 e. The fraction of sp³-hybridized carbons (Fsp3) is 0.500. The van der Waals surface area contributed by atoms with Crippen LogP contribution in [0.1, 0.15) is 83.7 Å². The number of benzene rings is 2. The van der Waals surface area contributed by atoms with Gasteiger partial charge in [0.2, 0.25) is 11.8 Å². The lowest BCUT2D eigenvalue weighted by Gasteiger charge is -2.40. The first kappa shape index (κ1) is 41.2. The number of carbonyl (C=O) groups excluding carboxylic acids is 4. The standard InChI is InChI=1S/C46H56N10O6/c1-24(2)35(53-43(59)61-6)39(57)55-22-27-14-16-45(55,18-27)41-47-20-33(51-41)30-10-8-29(9-11-30)31-12-13-32(38-37(31)49-26(5)50-38)34-21-48-42(52-34)46-17-15-28(19-46)23-56(46)40(58)36(25(3)4)54-44(60)62-7/h8-13,20-21,24-25,27-28,35-36H,14-19,22-23H2,1-7H3,(H,47,51)(H,48,52)(H,49,50)(H,53,59)(H,54,60)/t27-,28-,35-,36-,45-,46-/m0/s1. The number of imidazole rings is 3. The van der Waals surface area contributed by atoms with Crippen LogP contribution in [0.25, 0.3) is 44.7 Å². The van der Waals surface area contributed by atoms with Crippen LogP contribution >= 0.6 is 0 Å². The van der Waals surface area contributed by atoms with E-state index in [-0.39, 0.29) is 23.7 Å². The van der Waals surface area contributed by atoms with Crippen LogP contribution in [-0.4, -0.2) is 103 Å². The Hall–Kier alpha value is -6.19. The minimum absolute atomic E-state index is 0.112. The SMILES string of the molecule is COC(=O)N[C@H](C(=O)N1C[C@H]2CC[C@@]1(c1ncc(-c3ccc(-c4ccc(-c5cnc([C@@]67CC[C@H](CN6C(=O)[C@@H](NC(=O)OC)C(C)C)C7)[nH]5)c5nc(C)[nH]c45)cc3)[nH]1)C2)C(C)C. The molecule has 9 rings (SSSR count). The van der Waals surface area contributed by atoms with Gasteiger partial charge in [-0.2, -0.15) is 0 Å². The number of rotatable bonds is 11. The Kier molecular flexibility index (Phi) is 10.4. The third-order valence-corrected chi connectivity index (χ3v) is 14.0. The molecule has 4 fully saturated rings. The second-order valence-corrected chi connectivity index (χ2v) is 18.5. The monoisotopic (exact) mass is 844 g/mol. The van der Waals surface area contributed by atoms with Gasteiger partial charge in [-0.25, -0.2) is 24.5 Å². The van der Waals surface area contributed by atoms with Crippen LogP contribution < -0.4 is 10.6 Å². The first-order chi connectivity index (χ1) is 29.7. The number of likely N-dealkylation sites (tertiary alicyclic amines) is 2. The summed E-state index contributed by atoms with van der Waals surface area (Å²) in [5.74, 6) is 2.57. The molecule has 4 amide bonds. The molecule has 4 aliphatic rings. The van der Waals surface area contributed by atoms with E-state index in [2.05, 4.69) is 62.0 Å². The average molecular weight is 845 g/mol. The predicted octanol–water partition coefficient (Wildman–Crippen LogP) is 6.75. The van der Waals surface area contributed by atoms with Crippen LogP contribution in [-0.2, 0) is 30.1 Å². The molecule has 2 aromatic carbocycles. The second-order valence-electron chi connectivity index (χ2n) is 18.5. The first-order valence-electron chi connectivity index (χ1n) is 21.8. The third kappa shape index (κ3) is 6.78. The lowest BCUT2D eigenvalue weighted by molar-refractivity contribution is -0.141. The Morgan fingerprint density at radius 2 is 1.18 bits per heavy atom. The smallest absolute Gasteiger partial charge is 0.407 e. The van der Waals surface area contributed by atoms with E-state index in [9.17, 15) is 19.2 Å². The zero-order valence-corrected chi connectivity index (χ0v) is 36.4. The van der Waals surface area contributed by atoms with E-state index in [0.717, 1.165) is 101 Å². The van der Waals surface area contributed by atoms with Crippen LogP contribution in [0.4, 0.5) is 9.59 Å². The van der Waals surface area contributed by atoms with Gasteiger partial charge in [0.25, 0.3) is 0 Å². The Balaban J connectivity index is 0.965. The zero-order valence-electron chi connectivity index (χ0n) is 36.4. The van der Waals surface area contributed by atoms with Crippen LogP contribution in [0, 0.1) is 30.6 Å². The Labute approximate surface area is 360 Å². The summed E-state index contributed by atoms with van der Waals surface area (Å²) in [6.45, 7) is 10.9. The van der Waals surface area contributed by atoms with Crippen molar-refractivity contribution in [1.82, 2.24) is 50.3 Å². The molecule has 16 nitrogen and oxygen atoms in total. The highest BCUT2D eigenvalue weighted by atomic mass is 16.5. The number of fused-ring (bicyclic) bond motifs is 5. The molecule has 6 atom stereocenters. The average Bonchev–Trinajstić information content (AvgIpc) is 4.13. The van der Waals surface area contributed by atoms with Crippen molar-refractivity contribution in [3.05, 3.63) is 66.3 Å². The first-order valence-corrected chi connectivity index (χ1v) is 21.8. The number of aromatic amines is 3. The molecule has 4 bridgehead atoms. The van der Waals surface area contributed by atoms with Crippen molar-refractivity contribution in [2.75, 3.05) is 27.3 Å². The van der Waals surface area contributed by atoms with E-state index in [1.54, 1.807) is 0 Å². The molecule has 62 heavy (non-hydrogen) atoms. The summed E-state index contributed by atoms with van der Waals surface area (Å²) in [7, 11) is 2.61. The number of amides is 4. The van der Waals surface area contributed by atoms with Gasteiger partial charge in [-0.3, -0.25) is 9.59 Å². The molecule has 5 N–H and O–H groups in total. The molecular weight excluding hydrogens is 789 g/mol. The topological polar surface area (TPSA) is 203 Å². The number of carbonyl (C=O) groups is 4. The maximum atomic E-state index is 14.1. The lowest BCUT2D eigenvalue weighted by atomic mass is 9.93. The number of hydrogen-bond donors (Lipinski definition) is 5. The third-order valence-electron chi connectivity index (χ3n) is 14.0.